The molecule has 0 N–H and O–H groups in total. The van der Waals surface area contributed by atoms with Gasteiger partial charge in [-0.2, -0.15) is 0 Å². The smallest absolute Gasteiger partial charge is 0.266 e. The number of methoxy groups -OCH3 is 1. The lowest BCUT2D eigenvalue weighted by molar-refractivity contribution is 0.412. The van der Waals surface area contributed by atoms with E-state index in [-0.39, 0.29) is 18.0 Å². The molecule has 0 spiro atoms. The Hall–Kier alpha value is -2.33. The molecule has 1 heterocycles. The first-order chi connectivity index (χ1) is 9.72. The van der Waals surface area contributed by atoms with Crippen molar-refractivity contribution in [1.82, 2.24) is 9.55 Å². The largest absolute Gasteiger partial charge is 0.495 e. The fraction of sp³-hybridized carbons (Fsp3) is 0.125. The lowest BCUT2D eigenvalue weighted by Gasteiger charge is -2.13. The van der Waals surface area contributed by atoms with Crippen LogP contribution < -0.4 is 10.3 Å². The first-order valence-corrected chi connectivity index (χ1v) is 6.34. The van der Waals surface area contributed by atoms with E-state index >= 15 is 0 Å². The summed E-state index contributed by atoms with van der Waals surface area (Å²) in [7, 11) is 1.59. The number of nitrogens with zero attached hydrogens (tertiary/aromatic N) is 2. The summed E-state index contributed by atoms with van der Waals surface area (Å²) in [6, 6.07) is 14.8. The van der Waals surface area contributed by atoms with Crippen molar-refractivity contribution in [3.63, 3.8) is 0 Å². The monoisotopic (exact) mass is 302 g/mol. The van der Waals surface area contributed by atoms with Crippen LogP contribution in [0.25, 0.3) is 16.6 Å². The fourth-order valence-electron chi connectivity index (χ4n) is 2.34. The van der Waals surface area contributed by atoms with E-state index in [9.17, 15) is 4.79 Å². The number of fused-ring (bicyclic) bond motifs is 1. The van der Waals surface area contributed by atoms with Crippen LogP contribution >= 0.6 is 12.4 Å². The van der Waals surface area contributed by atoms with Crippen LogP contribution in [0, 0.1) is 6.92 Å². The highest BCUT2D eigenvalue weighted by Crippen LogP contribution is 2.22. The quantitative estimate of drug-likeness (QED) is 0.730. The first kappa shape index (κ1) is 15.1. The molecule has 0 bridgehead atoms. The van der Waals surface area contributed by atoms with Crippen LogP contribution in [0.3, 0.4) is 0 Å². The van der Waals surface area contributed by atoms with Gasteiger partial charge in [0.25, 0.3) is 5.56 Å². The Morgan fingerprint density at radius 3 is 2.48 bits per heavy atom. The van der Waals surface area contributed by atoms with Crippen molar-refractivity contribution in [1.29, 1.82) is 0 Å². The zero-order chi connectivity index (χ0) is 14.1. The maximum Gasteiger partial charge on any atom is 0.266 e. The average molecular weight is 303 g/mol. The second-order valence-electron chi connectivity index (χ2n) is 4.49. The number of hydrogen-bond acceptors (Lipinski definition) is 3. The predicted molar refractivity (Wildman–Crippen MR) is 85.9 cm³/mol. The summed E-state index contributed by atoms with van der Waals surface area (Å²) in [6.07, 6.45) is 0. The molecule has 4 nitrogen and oxygen atoms in total. The summed E-state index contributed by atoms with van der Waals surface area (Å²) >= 11 is 0. The van der Waals surface area contributed by atoms with Crippen LogP contribution in [0.15, 0.2) is 53.3 Å². The summed E-state index contributed by atoms with van der Waals surface area (Å²) in [5, 5.41) is 0.601. The van der Waals surface area contributed by atoms with Crippen molar-refractivity contribution in [2.45, 2.75) is 6.92 Å². The second kappa shape index (κ2) is 5.97. The molecule has 0 saturated carbocycles. The minimum atomic E-state index is -0.0856. The van der Waals surface area contributed by atoms with Gasteiger partial charge in [0, 0.05) is 0 Å². The van der Waals surface area contributed by atoms with Crippen molar-refractivity contribution in [3.05, 3.63) is 64.7 Å². The van der Waals surface area contributed by atoms with Crippen molar-refractivity contribution in [3.8, 4) is 11.4 Å². The van der Waals surface area contributed by atoms with E-state index in [0.29, 0.717) is 28.2 Å². The van der Waals surface area contributed by atoms with Gasteiger partial charge in [0.2, 0.25) is 0 Å². The Balaban J connectivity index is 0.00000161. The molecule has 0 aliphatic rings. The standard InChI is InChI=1S/C16H14N2O2.ClH/c1-11-17-13-8-4-3-7-12(13)16(19)18(11)14-9-5-6-10-15(14)20-2;/h3-10H,1-2H3;1H. The van der Waals surface area contributed by atoms with Gasteiger partial charge in [-0.25, -0.2) is 4.98 Å². The minimum Gasteiger partial charge on any atom is -0.495 e. The van der Waals surface area contributed by atoms with Gasteiger partial charge in [0.1, 0.15) is 11.6 Å². The Morgan fingerprint density at radius 1 is 1.05 bits per heavy atom. The topological polar surface area (TPSA) is 44.1 Å². The summed E-state index contributed by atoms with van der Waals surface area (Å²) < 4.78 is 6.92. The third-order valence-corrected chi connectivity index (χ3v) is 3.27. The van der Waals surface area contributed by atoms with Gasteiger partial charge in [-0.15, -0.1) is 12.4 Å². The van der Waals surface area contributed by atoms with Gasteiger partial charge in [-0.05, 0) is 31.2 Å². The summed E-state index contributed by atoms with van der Waals surface area (Å²) in [4.78, 5) is 17.2. The fourth-order valence-corrected chi connectivity index (χ4v) is 2.34. The lowest BCUT2D eigenvalue weighted by Crippen LogP contribution is -2.22. The van der Waals surface area contributed by atoms with Crippen LogP contribution in [0.4, 0.5) is 0 Å². The lowest BCUT2D eigenvalue weighted by atomic mass is 10.2. The SMILES string of the molecule is COc1ccccc1-n1c(C)nc2ccccc2c1=O.Cl. The van der Waals surface area contributed by atoms with Crippen LogP contribution in [0.1, 0.15) is 5.82 Å². The molecule has 0 aliphatic carbocycles. The minimum absolute atomic E-state index is 0. The molecule has 1 aromatic heterocycles. The van der Waals surface area contributed by atoms with Gasteiger partial charge in [-0.1, -0.05) is 24.3 Å². The third kappa shape index (κ3) is 2.50. The van der Waals surface area contributed by atoms with Gasteiger partial charge in [0.15, 0.2) is 0 Å². The Bertz CT molecular complexity index is 843. The number of aryl methyl sites for hydroxylation is 1. The molecule has 3 rings (SSSR count). The number of ether oxygens (including phenoxy) is 1. The first-order valence-electron chi connectivity index (χ1n) is 6.34. The number of para-hydroxylation sites is 3. The molecule has 5 heteroatoms. The van der Waals surface area contributed by atoms with E-state index in [1.807, 2.05) is 49.4 Å². The molecule has 0 saturated heterocycles. The Kier molecular flexibility index (Phi) is 4.29. The maximum atomic E-state index is 12.7. The zero-order valence-corrected chi connectivity index (χ0v) is 12.6. The number of hydrogen-bond donors (Lipinski definition) is 0. The van der Waals surface area contributed by atoms with E-state index in [1.54, 1.807) is 17.7 Å². The molecule has 0 fully saturated rings. The molecule has 0 radical (unpaired) electrons. The Labute approximate surface area is 128 Å². The van der Waals surface area contributed by atoms with E-state index in [0.717, 1.165) is 0 Å². The molecular formula is C16H15ClN2O2. The van der Waals surface area contributed by atoms with Crippen molar-refractivity contribution >= 4 is 23.3 Å². The molecule has 0 atom stereocenters. The summed E-state index contributed by atoms with van der Waals surface area (Å²) in [5.41, 5.74) is 1.33. The second-order valence-corrected chi connectivity index (χ2v) is 4.49. The normalized spacial score (nSPS) is 10.2. The van der Waals surface area contributed by atoms with Gasteiger partial charge in [0.05, 0.1) is 23.7 Å². The molecule has 0 aliphatic heterocycles. The molecule has 108 valence electrons. The van der Waals surface area contributed by atoms with E-state index in [1.165, 1.54) is 0 Å². The third-order valence-electron chi connectivity index (χ3n) is 3.27. The van der Waals surface area contributed by atoms with Gasteiger partial charge >= 0.3 is 0 Å². The van der Waals surface area contributed by atoms with Crippen molar-refractivity contribution < 1.29 is 4.74 Å². The predicted octanol–water partition coefficient (Wildman–Crippen LogP) is 3.12. The van der Waals surface area contributed by atoms with Crippen LogP contribution in [0.2, 0.25) is 0 Å². The highest BCUT2D eigenvalue weighted by molar-refractivity contribution is 5.85. The van der Waals surface area contributed by atoms with Crippen LogP contribution in [-0.4, -0.2) is 16.7 Å². The zero-order valence-electron chi connectivity index (χ0n) is 11.7. The van der Waals surface area contributed by atoms with E-state index in [2.05, 4.69) is 4.98 Å². The van der Waals surface area contributed by atoms with E-state index < -0.39 is 0 Å². The number of rotatable bonds is 2. The highest BCUT2D eigenvalue weighted by atomic mass is 35.5. The Morgan fingerprint density at radius 2 is 1.71 bits per heavy atom. The molecule has 3 aromatic rings. The molecule has 0 unspecified atom stereocenters. The number of halogens is 1. The van der Waals surface area contributed by atoms with Crippen molar-refractivity contribution in [2.75, 3.05) is 7.11 Å². The van der Waals surface area contributed by atoms with Crippen molar-refractivity contribution in [2.24, 2.45) is 0 Å². The van der Waals surface area contributed by atoms with Gasteiger partial charge in [-0.3, -0.25) is 9.36 Å². The highest BCUT2D eigenvalue weighted by Gasteiger charge is 2.12. The number of aromatic nitrogens is 2. The molecule has 21 heavy (non-hydrogen) atoms. The molecule has 0 amide bonds. The number of benzene rings is 2. The molecular weight excluding hydrogens is 288 g/mol. The molecule has 2 aromatic carbocycles. The summed E-state index contributed by atoms with van der Waals surface area (Å²) in [5.74, 6) is 1.29. The maximum absolute atomic E-state index is 12.7. The summed E-state index contributed by atoms with van der Waals surface area (Å²) in [6.45, 7) is 1.82. The van der Waals surface area contributed by atoms with Crippen LogP contribution in [0.5, 0.6) is 5.75 Å². The van der Waals surface area contributed by atoms with E-state index in [4.69, 9.17) is 4.74 Å². The average Bonchev–Trinajstić information content (AvgIpc) is 2.48. The van der Waals surface area contributed by atoms with Gasteiger partial charge < -0.3 is 4.74 Å². The van der Waals surface area contributed by atoms with Crippen LogP contribution in [-0.2, 0) is 0 Å².